The molecule has 1 amide bonds. The maximum atomic E-state index is 12.2. The Balaban J connectivity index is 1.60. The predicted molar refractivity (Wildman–Crippen MR) is 106 cm³/mol. The van der Waals surface area contributed by atoms with E-state index in [0.29, 0.717) is 28.6 Å². The van der Waals surface area contributed by atoms with E-state index >= 15 is 0 Å². The second-order valence-corrected chi connectivity index (χ2v) is 7.02. The molecule has 0 spiro atoms. The highest BCUT2D eigenvalue weighted by atomic mass is 35.5. The zero-order chi connectivity index (χ0) is 18.7. The standard InChI is InChI=1S/C20H19Cl2N3O/c1-13-11-14(2)25(24-13)17-7-3-15(4-8-17)5-10-20(26)23-19-12-16(21)6-9-18(19)22/h3-4,6-9,11-12H,5,10H2,1-2H3,(H,23,26). The summed E-state index contributed by atoms with van der Waals surface area (Å²) in [6.07, 6.45) is 1.00. The van der Waals surface area contributed by atoms with Gasteiger partial charge < -0.3 is 5.32 Å². The van der Waals surface area contributed by atoms with Crippen LogP contribution < -0.4 is 5.32 Å². The second-order valence-electron chi connectivity index (χ2n) is 6.18. The molecule has 0 bridgehead atoms. The third-order valence-corrected chi connectivity index (χ3v) is 4.60. The van der Waals surface area contributed by atoms with Gasteiger partial charge >= 0.3 is 0 Å². The normalized spacial score (nSPS) is 10.8. The quantitative estimate of drug-likeness (QED) is 0.639. The number of halogens is 2. The Morgan fingerprint density at radius 2 is 1.81 bits per heavy atom. The molecule has 0 aliphatic rings. The molecule has 3 rings (SSSR count). The number of hydrogen-bond donors (Lipinski definition) is 1. The van der Waals surface area contributed by atoms with Crippen LogP contribution in [0.25, 0.3) is 5.69 Å². The first kappa shape index (κ1) is 18.5. The minimum atomic E-state index is -0.100. The van der Waals surface area contributed by atoms with E-state index in [1.165, 1.54) is 0 Å². The van der Waals surface area contributed by atoms with Gasteiger partial charge in [0.15, 0.2) is 0 Å². The number of aryl methyl sites for hydroxylation is 3. The lowest BCUT2D eigenvalue weighted by molar-refractivity contribution is -0.116. The van der Waals surface area contributed by atoms with E-state index < -0.39 is 0 Å². The van der Waals surface area contributed by atoms with Gasteiger partial charge in [-0.2, -0.15) is 5.10 Å². The molecular formula is C20H19Cl2N3O. The Hall–Kier alpha value is -2.30. The fourth-order valence-corrected chi connectivity index (χ4v) is 3.09. The molecule has 4 nitrogen and oxygen atoms in total. The lowest BCUT2D eigenvalue weighted by Crippen LogP contribution is -2.12. The Bertz CT molecular complexity index is 933. The van der Waals surface area contributed by atoms with Crippen molar-refractivity contribution in [2.24, 2.45) is 0 Å². The molecule has 0 unspecified atom stereocenters. The third-order valence-electron chi connectivity index (χ3n) is 4.03. The van der Waals surface area contributed by atoms with Crippen molar-refractivity contribution < 1.29 is 4.79 Å². The Morgan fingerprint density at radius 1 is 1.08 bits per heavy atom. The van der Waals surface area contributed by atoms with Crippen LogP contribution in [-0.4, -0.2) is 15.7 Å². The van der Waals surface area contributed by atoms with Crippen LogP contribution in [0, 0.1) is 13.8 Å². The molecule has 2 aromatic carbocycles. The summed E-state index contributed by atoms with van der Waals surface area (Å²) in [5, 5.41) is 8.28. The summed E-state index contributed by atoms with van der Waals surface area (Å²) in [5.41, 5.74) is 4.71. The van der Waals surface area contributed by atoms with Crippen molar-refractivity contribution in [3.8, 4) is 5.69 Å². The summed E-state index contributed by atoms with van der Waals surface area (Å²) in [4.78, 5) is 12.2. The van der Waals surface area contributed by atoms with E-state index in [1.54, 1.807) is 18.2 Å². The summed E-state index contributed by atoms with van der Waals surface area (Å²) in [5.74, 6) is -0.100. The van der Waals surface area contributed by atoms with Gasteiger partial charge in [-0.3, -0.25) is 4.79 Å². The molecule has 0 fully saturated rings. The van der Waals surface area contributed by atoms with E-state index in [2.05, 4.69) is 10.4 Å². The molecule has 134 valence electrons. The van der Waals surface area contributed by atoms with Gasteiger partial charge in [0.05, 0.1) is 22.1 Å². The molecular weight excluding hydrogens is 369 g/mol. The van der Waals surface area contributed by atoms with E-state index in [4.69, 9.17) is 23.2 Å². The molecule has 0 atom stereocenters. The highest BCUT2D eigenvalue weighted by molar-refractivity contribution is 6.35. The van der Waals surface area contributed by atoms with Crippen molar-refractivity contribution in [3.63, 3.8) is 0 Å². The van der Waals surface area contributed by atoms with Gasteiger partial charge in [0.1, 0.15) is 0 Å². The number of benzene rings is 2. The highest BCUT2D eigenvalue weighted by Crippen LogP contribution is 2.25. The summed E-state index contributed by atoms with van der Waals surface area (Å²) in [6.45, 7) is 4.00. The molecule has 0 saturated heterocycles. The number of hydrogen-bond acceptors (Lipinski definition) is 2. The van der Waals surface area contributed by atoms with Gasteiger partial charge in [-0.15, -0.1) is 0 Å². The van der Waals surface area contributed by atoms with Crippen LogP contribution >= 0.6 is 23.2 Å². The molecule has 1 N–H and O–H groups in total. The van der Waals surface area contributed by atoms with Crippen molar-refractivity contribution in [1.29, 1.82) is 0 Å². The van der Waals surface area contributed by atoms with Gasteiger partial charge in [-0.05, 0) is 62.2 Å². The molecule has 3 aromatic rings. The lowest BCUT2D eigenvalue weighted by Gasteiger charge is -2.09. The zero-order valence-electron chi connectivity index (χ0n) is 14.6. The van der Waals surface area contributed by atoms with Crippen molar-refractivity contribution in [2.75, 3.05) is 5.32 Å². The van der Waals surface area contributed by atoms with Gasteiger partial charge in [-0.1, -0.05) is 35.3 Å². The van der Waals surface area contributed by atoms with Crippen LogP contribution in [0.3, 0.4) is 0 Å². The van der Waals surface area contributed by atoms with Gasteiger partial charge in [0.2, 0.25) is 5.91 Å². The molecule has 0 saturated carbocycles. The van der Waals surface area contributed by atoms with E-state index in [1.807, 2.05) is 48.9 Å². The van der Waals surface area contributed by atoms with E-state index in [9.17, 15) is 4.79 Å². The molecule has 6 heteroatoms. The smallest absolute Gasteiger partial charge is 0.224 e. The minimum absolute atomic E-state index is 0.100. The first-order chi connectivity index (χ1) is 12.4. The second kappa shape index (κ2) is 7.94. The first-order valence-corrected chi connectivity index (χ1v) is 9.05. The predicted octanol–water partition coefficient (Wildman–Crippen LogP) is 5.37. The number of carbonyl (C=O) groups excluding carboxylic acids is 1. The Kier molecular flexibility index (Phi) is 5.64. The van der Waals surface area contributed by atoms with Crippen molar-refractivity contribution in [1.82, 2.24) is 9.78 Å². The van der Waals surface area contributed by atoms with Gasteiger partial charge in [0, 0.05) is 17.1 Å². The Labute approximate surface area is 162 Å². The fraction of sp³-hybridized carbons (Fsp3) is 0.200. The van der Waals surface area contributed by atoms with Crippen molar-refractivity contribution >= 4 is 34.8 Å². The van der Waals surface area contributed by atoms with Gasteiger partial charge in [-0.25, -0.2) is 4.68 Å². The number of carbonyl (C=O) groups is 1. The molecule has 26 heavy (non-hydrogen) atoms. The number of amides is 1. The first-order valence-electron chi connectivity index (χ1n) is 8.30. The monoisotopic (exact) mass is 387 g/mol. The summed E-state index contributed by atoms with van der Waals surface area (Å²) in [6, 6.07) is 15.1. The molecule has 0 aliphatic heterocycles. The van der Waals surface area contributed by atoms with E-state index in [-0.39, 0.29) is 5.91 Å². The minimum Gasteiger partial charge on any atom is -0.325 e. The largest absolute Gasteiger partial charge is 0.325 e. The van der Waals surface area contributed by atoms with Crippen LogP contribution in [0.1, 0.15) is 23.4 Å². The molecule has 1 heterocycles. The van der Waals surface area contributed by atoms with Crippen LogP contribution in [0.4, 0.5) is 5.69 Å². The highest BCUT2D eigenvalue weighted by Gasteiger charge is 2.08. The summed E-state index contributed by atoms with van der Waals surface area (Å²) in [7, 11) is 0. The van der Waals surface area contributed by atoms with Crippen LogP contribution in [0.2, 0.25) is 10.0 Å². The molecule has 0 radical (unpaired) electrons. The summed E-state index contributed by atoms with van der Waals surface area (Å²) < 4.78 is 1.91. The van der Waals surface area contributed by atoms with Crippen molar-refractivity contribution in [3.05, 3.63) is 75.5 Å². The summed E-state index contributed by atoms with van der Waals surface area (Å²) >= 11 is 12.0. The molecule has 1 aromatic heterocycles. The number of nitrogens with zero attached hydrogens (tertiary/aromatic N) is 2. The van der Waals surface area contributed by atoms with Crippen LogP contribution in [0.15, 0.2) is 48.5 Å². The SMILES string of the molecule is Cc1cc(C)n(-c2ccc(CCC(=O)Nc3cc(Cl)ccc3Cl)cc2)n1. The average molecular weight is 388 g/mol. The maximum absolute atomic E-state index is 12.2. The van der Waals surface area contributed by atoms with Gasteiger partial charge in [0.25, 0.3) is 0 Å². The number of aromatic nitrogens is 2. The zero-order valence-corrected chi connectivity index (χ0v) is 16.1. The Morgan fingerprint density at radius 3 is 2.46 bits per heavy atom. The number of nitrogens with one attached hydrogen (secondary N) is 1. The topological polar surface area (TPSA) is 46.9 Å². The number of anilines is 1. The van der Waals surface area contributed by atoms with E-state index in [0.717, 1.165) is 22.6 Å². The van der Waals surface area contributed by atoms with Crippen LogP contribution in [-0.2, 0) is 11.2 Å². The molecule has 0 aliphatic carbocycles. The average Bonchev–Trinajstić information content (AvgIpc) is 2.95. The fourth-order valence-electron chi connectivity index (χ4n) is 2.76. The lowest BCUT2D eigenvalue weighted by atomic mass is 10.1. The van der Waals surface area contributed by atoms with Crippen molar-refractivity contribution in [2.45, 2.75) is 26.7 Å². The third kappa shape index (κ3) is 4.45. The maximum Gasteiger partial charge on any atom is 0.224 e. The van der Waals surface area contributed by atoms with Crippen LogP contribution in [0.5, 0.6) is 0 Å². The number of rotatable bonds is 5.